The molecule has 0 radical (unpaired) electrons. The molecular formula is C16H14O4S. The molecule has 0 fully saturated rings. The van der Waals surface area contributed by atoms with Gasteiger partial charge in [0.1, 0.15) is 0 Å². The maximum Gasteiger partial charge on any atom is 0.335 e. The van der Waals surface area contributed by atoms with Crippen LogP contribution in [0, 0.1) is 13.8 Å². The lowest BCUT2D eigenvalue weighted by molar-refractivity contribution is 0.0685. The first-order chi connectivity index (χ1) is 9.91. The van der Waals surface area contributed by atoms with E-state index in [-0.39, 0.29) is 11.1 Å². The fraction of sp³-hybridized carbons (Fsp3) is 0.125. The average Bonchev–Trinajstić information content (AvgIpc) is 2.42. The molecule has 0 heterocycles. The van der Waals surface area contributed by atoms with Gasteiger partial charge in [-0.05, 0) is 49.2 Å². The molecule has 2 rings (SSSR count). The number of carboxylic acid groups (broad SMARTS) is 2. The van der Waals surface area contributed by atoms with Gasteiger partial charge in [0.15, 0.2) is 0 Å². The first kappa shape index (κ1) is 15.1. The third-order valence-electron chi connectivity index (χ3n) is 3.25. The van der Waals surface area contributed by atoms with Crippen LogP contribution in [-0.2, 0) is 0 Å². The van der Waals surface area contributed by atoms with Gasteiger partial charge in [-0.15, -0.1) is 0 Å². The second-order valence-corrected chi connectivity index (χ2v) is 5.65. The molecule has 5 heteroatoms. The van der Waals surface area contributed by atoms with E-state index in [0.29, 0.717) is 11.1 Å². The highest BCUT2D eigenvalue weighted by atomic mass is 32.2. The van der Waals surface area contributed by atoms with Crippen molar-refractivity contribution in [3.63, 3.8) is 0 Å². The Balaban J connectivity index is 2.44. The van der Waals surface area contributed by atoms with Crippen molar-refractivity contribution in [2.75, 3.05) is 0 Å². The Bertz CT molecular complexity index is 661. The summed E-state index contributed by atoms with van der Waals surface area (Å²) >= 11 is 1.38. The highest BCUT2D eigenvalue weighted by Gasteiger charge is 2.14. The molecule has 2 aromatic rings. The Labute approximate surface area is 126 Å². The SMILES string of the molecule is Cc1c(Sc2cccc(C(=O)O)c2C)cccc1C(=O)O. The maximum absolute atomic E-state index is 11.1. The fourth-order valence-electron chi connectivity index (χ4n) is 2.03. The third kappa shape index (κ3) is 3.08. The van der Waals surface area contributed by atoms with E-state index in [9.17, 15) is 9.59 Å². The van der Waals surface area contributed by atoms with E-state index in [1.165, 1.54) is 11.8 Å². The number of hydrogen-bond donors (Lipinski definition) is 2. The Morgan fingerprint density at radius 1 is 0.810 bits per heavy atom. The van der Waals surface area contributed by atoms with E-state index >= 15 is 0 Å². The molecule has 0 atom stereocenters. The molecule has 0 bridgehead atoms. The summed E-state index contributed by atoms with van der Waals surface area (Å²) in [4.78, 5) is 23.9. The molecule has 21 heavy (non-hydrogen) atoms. The quantitative estimate of drug-likeness (QED) is 0.897. The van der Waals surface area contributed by atoms with Crippen molar-refractivity contribution in [2.24, 2.45) is 0 Å². The minimum Gasteiger partial charge on any atom is -0.478 e. The van der Waals surface area contributed by atoms with Crippen LogP contribution >= 0.6 is 11.8 Å². The van der Waals surface area contributed by atoms with Gasteiger partial charge in [-0.2, -0.15) is 0 Å². The monoisotopic (exact) mass is 302 g/mol. The molecular weight excluding hydrogens is 288 g/mol. The molecule has 2 aromatic carbocycles. The van der Waals surface area contributed by atoms with Gasteiger partial charge in [-0.3, -0.25) is 0 Å². The Morgan fingerprint density at radius 3 is 1.52 bits per heavy atom. The molecule has 0 unspecified atom stereocenters. The van der Waals surface area contributed by atoms with Crippen LogP contribution in [0.3, 0.4) is 0 Å². The van der Waals surface area contributed by atoms with Crippen molar-refractivity contribution in [2.45, 2.75) is 23.6 Å². The van der Waals surface area contributed by atoms with Gasteiger partial charge in [-0.1, -0.05) is 23.9 Å². The van der Waals surface area contributed by atoms with Gasteiger partial charge in [0.05, 0.1) is 11.1 Å². The number of aromatic carboxylic acids is 2. The summed E-state index contributed by atoms with van der Waals surface area (Å²) < 4.78 is 0. The smallest absolute Gasteiger partial charge is 0.335 e. The summed E-state index contributed by atoms with van der Waals surface area (Å²) in [5.74, 6) is -1.93. The van der Waals surface area contributed by atoms with Crippen LogP contribution in [-0.4, -0.2) is 22.2 Å². The van der Waals surface area contributed by atoms with Crippen LogP contribution < -0.4 is 0 Å². The fourth-order valence-corrected chi connectivity index (χ4v) is 3.09. The predicted molar refractivity (Wildman–Crippen MR) is 80.4 cm³/mol. The summed E-state index contributed by atoms with van der Waals surface area (Å²) in [5.41, 5.74) is 1.87. The molecule has 0 aromatic heterocycles. The van der Waals surface area contributed by atoms with Crippen molar-refractivity contribution in [1.82, 2.24) is 0 Å². The first-order valence-corrected chi connectivity index (χ1v) is 7.07. The molecule has 0 aliphatic carbocycles. The zero-order valence-corrected chi connectivity index (χ0v) is 12.4. The van der Waals surface area contributed by atoms with Crippen molar-refractivity contribution in [1.29, 1.82) is 0 Å². The van der Waals surface area contributed by atoms with Crippen LogP contribution in [0.5, 0.6) is 0 Å². The summed E-state index contributed by atoms with van der Waals surface area (Å²) in [7, 11) is 0. The highest BCUT2D eigenvalue weighted by molar-refractivity contribution is 7.99. The first-order valence-electron chi connectivity index (χ1n) is 6.25. The van der Waals surface area contributed by atoms with Crippen LogP contribution in [0.1, 0.15) is 31.8 Å². The number of benzene rings is 2. The van der Waals surface area contributed by atoms with Gasteiger partial charge >= 0.3 is 11.9 Å². The van der Waals surface area contributed by atoms with Gasteiger partial charge in [0.25, 0.3) is 0 Å². The molecule has 108 valence electrons. The number of carboxylic acids is 2. The van der Waals surface area contributed by atoms with Gasteiger partial charge in [0, 0.05) is 9.79 Å². The molecule has 0 amide bonds. The molecule has 2 N–H and O–H groups in total. The second-order valence-electron chi connectivity index (χ2n) is 4.57. The molecule has 4 nitrogen and oxygen atoms in total. The van der Waals surface area contributed by atoms with Crippen molar-refractivity contribution < 1.29 is 19.8 Å². The van der Waals surface area contributed by atoms with Gasteiger partial charge < -0.3 is 10.2 Å². The van der Waals surface area contributed by atoms with E-state index in [1.54, 1.807) is 38.1 Å². The van der Waals surface area contributed by atoms with Crippen LogP contribution in [0.15, 0.2) is 46.2 Å². The number of carbonyl (C=O) groups is 2. The van der Waals surface area contributed by atoms with Crippen LogP contribution in [0.2, 0.25) is 0 Å². The lowest BCUT2D eigenvalue weighted by Crippen LogP contribution is -2.01. The average molecular weight is 302 g/mol. The minimum atomic E-state index is -0.967. The van der Waals surface area contributed by atoms with Gasteiger partial charge in [-0.25, -0.2) is 9.59 Å². The summed E-state index contributed by atoms with van der Waals surface area (Å²) in [5, 5.41) is 18.3. The normalized spacial score (nSPS) is 10.4. The third-order valence-corrected chi connectivity index (χ3v) is 4.57. The zero-order valence-electron chi connectivity index (χ0n) is 11.6. The van der Waals surface area contributed by atoms with E-state index < -0.39 is 11.9 Å². The molecule has 0 spiro atoms. The molecule has 0 saturated carbocycles. The summed E-state index contributed by atoms with van der Waals surface area (Å²) in [6.45, 7) is 3.50. The van der Waals surface area contributed by atoms with E-state index in [4.69, 9.17) is 10.2 Å². The van der Waals surface area contributed by atoms with Crippen molar-refractivity contribution >= 4 is 23.7 Å². The minimum absolute atomic E-state index is 0.257. The highest BCUT2D eigenvalue weighted by Crippen LogP contribution is 2.34. The van der Waals surface area contributed by atoms with E-state index in [0.717, 1.165) is 9.79 Å². The summed E-state index contributed by atoms with van der Waals surface area (Å²) in [6.07, 6.45) is 0. The van der Waals surface area contributed by atoms with Crippen molar-refractivity contribution in [3.8, 4) is 0 Å². The molecule has 0 aliphatic heterocycles. The predicted octanol–water partition coefficient (Wildman–Crippen LogP) is 3.85. The van der Waals surface area contributed by atoms with E-state index in [1.807, 2.05) is 12.1 Å². The summed E-state index contributed by atoms with van der Waals surface area (Å²) in [6, 6.07) is 10.2. The lowest BCUT2D eigenvalue weighted by Gasteiger charge is -2.11. The van der Waals surface area contributed by atoms with Crippen LogP contribution in [0.25, 0.3) is 0 Å². The standard InChI is InChI=1S/C16H14O4S/c1-9-11(15(17)18)5-3-7-13(9)21-14-8-4-6-12(10(14)2)16(19)20/h3-8H,1-2H3,(H,17,18)(H,19,20). The molecule has 0 aliphatic rings. The van der Waals surface area contributed by atoms with Crippen molar-refractivity contribution in [3.05, 3.63) is 58.7 Å². The largest absolute Gasteiger partial charge is 0.478 e. The lowest BCUT2D eigenvalue weighted by atomic mass is 10.1. The van der Waals surface area contributed by atoms with Gasteiger partial charge in [0.2, 0.25) is 0 Å². The number of hydrogen-bond acceptors (Lipinski definition) is 3. The zero-order chi connectivity index (χ0) is 15.6. The Morgan fingerprint density at radius 2 is 1.19 bits per heavy atom. The van der Waals surface area contributed by atoms with Crippen LogP contribution in [0.4, 0.5) is 0 Å². The topological polar surface area (TPSA) is 74.6 Å². The maximum atomic E-state index is 11.1. The Kier molecular flexibility index (Phi) is 4.33. The molecule has 0 saturated heterocycles. The second kappa shape index (κ2) is 6.01. The number of rotatable bonds is 4. The van der Waals surface area contributed by atoms with E-state index in [2.05, 4.69) is 0 Å². The Hall–Kier alpha value is -2.27.